The van der Waals surface area contributed by atoms with Gasteiger partial charge in [0.25, 0.3) is 5.56 Å². The van der Waals surface area contributed by atoms with Crippen molar-refractivity contribution < 1.29 is 9.53 Å². The van der Waals surface area contributed by atoms with Gasteiger partial charge in [0.05, 0.1) is 29.2 Å². The molecule has 3 aromatic rings. The monoisotopic (exact) mass is 495 g/mol. The number of para-hydroxylation sites is 1. The fourth-order valence-corrected chi connectivity index (χ4v) is 5.38. The summed E-state index contributed by atoms with van der Waals surface area (Å²) in [5.74, 6) is 1.26. The molecule has 0 aliphatic heterocycles. The summed E-state index contributed by atoms with van der Waals surface area (Å²) in [7, 11) is 1.64. The largest absolute Gasteiger partial charge is 0.383 e. The molecule has 1 atom stereocenters. The smallest absolute Gasteiger partial charge is 0.266 e. The highest BCUT2D eigenvalue weighted by molar-refractivity contribution is 6.30. The molecule has 0 spiro atoms. The van der Waals surface area contributed by atoms with Crippen molar-refractivity contribution in [3.8, 4) is 5.69 Å². The molecule has 0 radical (unpaired) electrons. The number of ether oxygens (including phenoxy) is 1. The van der Waals surface area contributed by atoms with Crippen molar-refractivity contribution >= 4 is 28.4 Å². The zero-order chi connectivity index (χ0) is 24.8. The van der Waals surface area contributed by atoms with Gasteiger partial charge in [0, 0.05) is 25.1 Å². The first-order chi connectivity index (χ1) is 17.0. The lowest BCUT2D eigenvalue weighted by Gasteiger charge is -2.32. The van der Waals surface area contributed by atoms with E-state index in [9.17, 15) is 9.59 Å². The number of rotatable bonds is 10. The maximum absolute atomic E-state index is 13.7. The molecule has 1 unspecified atom stereocenters. The van der Waals surface area contributed by atoms with E-state index in [0.29, 0.717) is 59.3 Å². The number of nitrogens with zero attached hydrogens (tertiary/aromatic N) is 3. The van der Waals surface area contributed by atoms with Gasteiger partial charge >= 0.3 is 0 Å². The first-order valence-electron chi connectivity index (χ1n) is 12.6. The molecule has 1 saturated carbocycles. The maximum Gasteiger partial charge on any atom is 0.266 e. The predicted molar refractivity (Wildman–Crippen MR) is 140 cm³/mol. The Bertz CT molecular complexity index is 1220. The van der Waals surface area contributed by atoms with Crippen molar-refractivity contribution in [1.29, 1.82) is 0 Å². The molecule has 0 N–H and O–H groups in total. The van der Waals surface area contributed by atoms with Crippen LogP contribution in [-0.4, -0.2) is 40.6 Å². The number of halogens is 1. The summed E-state index contributed by atoms with van der Waals surface area (Å²) in [6.45, 7) is 2.88. The van der Waals surface area contributed by atoms with Crippen LogP contribution in [0.2, 0.25) is 5.02 Å². The van der Waals surface area contributed by atoms with Crippen molar-refractivity contribution in [2.45, 2.75) is 57.9 Å². The second-order valence-corrected chi connectivity index (χ2v) is 9.74. The summed E-state index contributed by atoms with van der Waals surface area (Å²) in [5, 5.41) is 1.06. The van der Waals surface area contributed by atoms with Gasteiger partial charge in [0.2, 0.25) is 5.91 Å². The number of hydrogen-bond donors (Lipinski definition) is 0. The first-order valence-corrected chi connectivity index (χ1v) is 13.0. The van der Waals surface area contributed by atoms with Crippen molar-refractivity contribution in [2.24, 2.45) is 5.92 Å². The van der Waals surface area contributed by atoms with Crippen LogP contribution in [0, 0.1) is 5.92 Å². The van der Waals surface area contributed by atoms with E-state index in [2.05, 4.69) is 0 Å². The number of hydrogen-bond acceptors (Lipinski definition) is 4. The van der Waals surface area contributed by atoms with Crippen LogP contribution in [-0.2, 0) is 9.53 Å². The second kappa shape index (κ2) is 11.8. The molecular formula is C28H34ClN3O3. The molecule has 2 aromatic carbocycles. The Balaban J connectivity index is 1.80. The highest BCUT2D eigenvalue weighted by atomic mass is 35.5. The Morgan fingerprint density at radius 1 is 1.20 bits per heavy atom. The van der Waals surface area contributed by atoms with Crippen molar-refractivity contribution in [3.05, 3.63) is 69.7 Å². The Morgan fingerprint density at radius 2 is 1.97 bits per heavy atom. The molecule has 7 heteroatoms. The lowest BCUT2D eigenvalue weighted by molar-refractivity contribution is -0.135. The molecule has 0 saturated heterocycles. The highest BCUT2D eigenvalue weighted by Crippen LogP contribution is 2.31. The summed E-state index contributed by atoms with van der Waals surface area (Å²) >= 11 is 6.30. The van der Waals surface area contributed by atoms with E-state index in [0.717, 1.165) is 6.42 Å². The van der Waals surface area contributed by atoms with Gasteiger partial charge in [0.1, 0.15) is 5.82 Å². The average Bonchev–Trinajstić information content (AvgIpc) is 3.39. The molecule has 1 amide bonds. The van der Waals surface area contributed by atoms with Crippen molar-refractivity contribution in [1.82, 2.24) is 14.5 Å². The Hall–Kier alpha value is -2.70. The van der Waals surface area contributed by atoms with E-state index in [-0.39, 0.29) is 17.5 Å². The zero-order valence-corrected chi connectivity index (χ0v) is 21.3. The van der Waals surface area contributed by atoms with E-state index in [1.807, 2.05) is 42.2 Å². The topological polar surface area (TPSA) is 64.4 Å². The summed E-state index contributed by atoms with van der Waals surface area (Å²) < 4.78 is 6.97. The fourth-order valence-electron chi connectivity index (χ4n) is 5.19. The zero-order valence-electron chi connectivity index (χ0n) is 20.6. The van der Waals surface area contributed by atoms with Gasteiger partial charge in [-0.2, -0.15) is 0 Å². The van der Waals surface area contributed by atoms with Crippen LogP contribution in [0.5, 0.6) is 0 Å². The van der Waals surface area contributed by atoms with E-state index in [1.165, 1.54) is 25.7 Å². The minimum absolute atomic E-state index is 0.0841. The number of methoxy groups -OCH3 is 1. The minimum Gasteiger partial charge on any atom is -0.383 e. The highest BCUT2D eigenvalue weighted by Gasteiger charge is 2.29. The molecule has 1 aromatic heterocycles. The molecule has 35 heavy (non-hydrogen) atoms. The quantitative estimate of drug-likeness (QED) is 0.349. The summed E-state index contributed by atoms with van der Waals surface area (Å²) in [6, 6.07) is 14.2. The molecule has 6 nitrogen and oxygen atoms in total. The number of carbonyl (C=O) groups excluding carboxylic acids is 1. The molecule has 1 heterocycles. The van der Waals surface area contributed by atoms with Gasteiger partial charge in [-0.1, -0.05) is 62.4 Å². The number of benzene rings is 2. The summed E-state index contributed by atoms with van der Waals surface area (Å²) in [4.78, 5) is 34.1. The minimum atomic E-state index is -0.377. The third-order valence-electron chi connectivity index (χ3n) is 7.03. The van der Waals surface area contributed by atoms with Crippen LogP contribution in [0.25, 0.3) is 16.6 Å². The molecule has 4 rings (SSSR count). The van der Waals surface area contributed by atoms with Gasteiger partial charge in [0.15, 0.2) is 0 Å². The molecule has 0 bridgehead atoms. The average molecular weight is 496 g/mol. The van der Waals surface area contributed by atoms with Crippen LogP contribution in [0.15, 0.2) is 53.3 Å². The standard InChI is InChI=1S/C28H34ClN3O3/c1-3-25(31(17-18-35-2)26(33)16-15-20-9-4-5-10-20)27-30-24-14-7-6-13-23(24)28(34)32(27)22-12-8-11-21(29)19-22/h6-8,11-14,19-20,25H,3-5,9-10,15-18H2,1-2H3. The third-order valence-corrected chi connectivity index (χ3v) is 7.26. The van der Waals surface area contributed by atoms with Crippen molar-refractivity contribution in [3.63, 3.8) is 0 Å². The van der Waals surface area contributed by atoms with Crippen molar-refractivity contribution in [2.75, 3.05) is 20.3 Å². The maximum atomic E-state index is 13.7. The number of carbonyl (C=O) groups is 1. The first kappa shape index (κ1) is 25.4. The molecule has 1 aliphatic rings. The Morgan fingerprint density at radius 3 is 2.69 bits per heavy atom. The van der Waals surface area contributed by atoms with E-state index < -0.39 is 0 Å². The lowest BCUT2D eigenvalue weighted by Crippen LogP contribution is -2.40. The fraction of sp³-hybridized carbons (Fsp3) is 0.464. The number of fused-ring (bicyclic) bond motifs is 1. The van der Waals surface area contributed by atoms with Crippen LogP contribution in [0.4, 0.5) is 0 Å². The Labute approximate surface area is 211 Å². The predicted octanol–water partition coefficient (Wildman–Crippen LogP) is 5.94. The van der Waals surface area contributed by atoms with Crippen LogP contribution in [0.3, 0.4) is 0 Å². The normalized spacial score (nSPS) is 14.9. The lowest BCUT2D eigenvalue weighted by atomic mass is 10.0. The van der Waals surface area contributed by atoms with Gasteiger partial charge in [-0.25, -0.2) is 4.98 Å². The molecule has 1 aliphatic carbocycles. The molecule has 186 valence electrons. The van der Waals surface area contributed by atoms with Crippen LogP contribution >= 0.6 is 11.6 Å². The molecular weight excluding hydrogens is 462 g/mol. The second-order valence-electron chi connectivity index (χ2n) is 9.30. The van der Waals surface area contributed by atoms with E-state index in [4.69, 9.17) is 21.3 Å². The summed E-state index contributed by atoms with van der Waals surface area (Å²) in [6.07, 6.45) is 6.97. The van der Waals surface area contributed by atoms with Gasteiger partial charge in [-0.3, -0.25) is 14.2 Å². The van der Waals surface area contributed by atoms with Gasteiger partial charge in [-0.15, -0.1) is 0 Å². The van der Waals surface area contributed by atoms with Gasteiger partial charge < -0.3 is 9.64 Å². The van der Waals surface area contributed by atoms with Crippen LogP contribution in [0.1, 0.15) is 63.7 Å². The molecule has 1 fully saturated rings. The Kier molecular flexibility index (Phi) is 8.58. The number of amides is 1. The van der Waals surface area contributed by atoms with E-state index in [1.54, 1.807) is 29.9 Å². The van der Waals surface area contributed by atoms with Gasteiger partial charge in [-0.05, 0) is 49.1 Å². The third kappa shape index (κ3) is 5.76. The summed E-state index contributed by atoms with van der Waals surface area (Å²) in [5.41, 5.74) is 1.09. The SMILES string of the molecule is CCC(c1nc2ccccc2c(=O)n1-c1cccc(Cl)c1)N(CCOC)C(=O)CCC1CCCC1. The van der Waals surface area contributed by atoms with E-state index >= 15 is 0 Å². The number of aromatic nitrogens is 2. The van der Waals surface area contributed by atoms with Crippen LogP contribution < -0.4 is 5.56 Å².